The number of hydrogen-bond donors (Lipinski definition) is 3. The van der Waals surface area contributed by atoms with Crippen LogP contribution in [-0.2, 0) is 4.79 Å². The molecule has 18 heavy (non-hydrogen) atoms. The molecule has 1 aromatic rings. The average Bonchev–Trinajstić information content (AvgIpc) is 2.30. The topological polar surface area (TPSA) is 78.4 Å². The van der Waals surface area contributed by atoms with E-state index >= 15 is 0 Å². The molecule has 1 unspecified atom stereocenters. The number of amides is 2. The van der Waals surface area contributed by atoms with Crippen molar-refractivity contribution in [1.29, 1.82) is 0 Å². The lowest BCUT2D eigenvalue weighted by molar-refractivity contribution is -0.137. The molecule has 5 nitrogen and oxygen atoms in total. The lowest BCUT2D eigenvalue weighted by atomic mass is 10.1. The van der Waals surface area contributed by atoms with E-state index in [0.29, 0.717) is 17.1 Å². The molecule has 0 aliphatic heterocycles. The van der Waals surface area contributed by atoms with Crippen molar-refractivity contribution < 1.29 is 14.7 Å². The SMILES string of the molecule is CCC(CC(=O)O)NC(=O)Nc1ccc(Cl)cc1. The number of hydrogen-bond acceptors (Lipinski definition) is 2. The lowest BCUT2D eigenvalue weighted by Gasteiger charge is -2.15. The summed E-state index contributed by atoms with van der Waals surface area (Å²) in [6.07, 6.45) is 0.463. The van der Waals surface area contributed by atoms with Crippen molar-refractivity contribution in [2.24, 2.45) is 0 Å². The van der Waals surface area contributed by atoms with Crippen molar-refractivity contribution in [2.45, 2.75) is 25.8 Å². The first-order chi connectivity index (χ1) is 8.51. The molecule has 2 amide bonds. The van der Waals surface area contributed by atoms with E-state index in [1.165, 1.54) is 0 Å². The molecule has 0 aliphatic carbocycles. The fraction of sp³-hybridized carbons (Fsp3) is 0.333. The quantitative estimate of drug-likeness (QED) is 0.770. The summed E-state index contributed by atoms with van der Waals surface area (Å²) in [6.45, 7) is 1.82. The number of halogens is 1. The van der Waals surface area contributed by atoms with E-state index in [9.17, 15) is 9.59 Å². The van der Waals surface area contributed by atoms with Crippen LogP contribution in [0.3, 0.4) is 0 Å². The van der Waals surface area contributed by atoms with Gasteiger partial charge in [0, 0.05) is 16.8 Å². The molecule has 1 rings (SSSR count). The van der Waals surface area contributed by atoms with Crippen molar-refractivity contribution in [2.75, 3.05) is 5.32 Å². The summed E-state index contributed by atoms with van der Waals surface area (Å²) in [5.74, 6) is -0.936. The highest BCUT2D eigenvalue weighted by molar-refractivity contribution is 6.30. The van der Waals surface area contributed by atoms with Crippen LogP contribution in [0.1, 0.15) is 19.8 Å². The van der Waals surface area contributed by atoms with Gasteiger partial charge in [-0.25, -0.2) is 4.79 Å². The molecule has 0 heterocycles. The molecule has 0 saturated carbocycles. The van der Waals surface area contributed by atoms with E-state index in [4.69, 9.17) is 16.7 Å². The van der Waals surface area contributed by atoms with Gasteiger partial charge in [-0.3, -0.25) is 4.79 Å². The van der Waals surface area contributed by atoms with Crippen molar-refractivity contribution >= 4 is 29.3 Å². The maximum atomic E-state index is 11.6. The number of carbonyl (C=O) groups excluding carboxylic acids is 1. The fourth-order valence-electron chi connectivity index (χ4n) is 1.39. The van der Waals surface area contributed by atoms with Crippen LogP contribution in [0.5, 0.6) is 0 Å². The number of carbonyl (C=O) groups is 2. The zero-order valence-corrected chi connectivity index (χ0v) is 10.7. The van der Waals surface area contributed by atoms with E-state index in [0.717, 1.165) is 0 Å². The molecule has 1 aromatic carbocycles. The van der Waals surface area contributed by atoms with Crippen LogP contribution < -0.4 is 10.6 Å². The maximum Gasteiger partial charge on any atom is 0.319 e. The maximum absolute atomic E-state index is 11.6. The van der Waals surface area contributed by atoms with E-state index in [1.807, 2.05) is 6.92 Å². The number of anilines is 1. The van der Waals surface area contributed by atoms with E-state index < -0.39 is 12.0 Å². The first kappa shape index (κ1) is 14.3. The Morgan fingerprint density at radius 2 is 1.94 bits per heavy atom. The molecular weight excluding hydrogens is 256 g/mol. The molecule has 0 radical (unpaired) electrons. The number of aliphatic carboxylic acids is 1. The van der Waals surface area contributed by atoms with Crippen LogP contribution in [0.15, 0.2) is 24.3 Å². The van der Waals surface area contributed by atoms with Gasteiger partial charge in [0.1, 0.15) is 0 Å². The van der Waals surface area contributed by atoms with E-state index in [-0.39, 0.29) is 12.5 Å². The third kappa shape index (κ3) is 5.05. The predicted molar refractivity (Wildman–Crippen MR) is 69.9 cm³/mol. The highest BCUT2D eigenvalue weighted by atomic mass is 35.5. The predicted octanol–water partition coefficient (Wildman–Crippen LogP) is 2.71. The van der Waals surface area contributed by atoms with Gasteiger partial charge < -0.3 is 15.7 Å². The summed E-state index contributed by atoms with van der Waals surface area (Å²) in [5.41, 5.74) is 0.599. The zero-order valence-electron chi connectivity index (χ0n) is 9.94. The monoisotopic (exact) mass is 270 g/mol. The van der Waals surface area contributed by atoms with E-state index in [2.05, 4.69) is 10.6 Å². The average molecular weight is 271 g/mol. The second-order valence-electron chi connectivity index (χ2n) is 3.81. The molecule has 0 bridgehead atoms. The Morgan fingerprint density at radius 3 is 2.44 bits per heavy atom. The van der Waals surface area contributed by atoms with Crippen molar-refractivity contribution in [3.8, 4) is 0 Å². The Morgan fingerprint density at radius 1 is 1.33 bits per heavy atom. The third-order valence-electron chi connectivity index (χ3n) is 2.35. The molecule has 98 valence electrons. The molecule has 0 saturated heterocycles. The van der Waals surface area contributed by atoms with Crippen molar-refractivity contribution in [3.63, 3.8) is 0 Å². The summed E-state index contributed by atoms with van der Waals surface area (Å²) >= 11 is 5.72. The third-order valence-corrected chi connectivity index (χ3v) is 2.60. The molecule has 1 atom stereocenters. The van der Waals surface area contributed by atoms with Crippen LogP contribution in [0.25, 0.3) is 0 Å². The second-order valence-corrected chi connectivity index (χ2v) is 4.24. The smallest absolute Gasteiger partial charge is 0.319 e. The minimum Gasteiger partial charge on any atom is -0.481 e. The standard InChI is InChI=1S/C12H15ClN2O3/c1-2-9(7-11(16)17)14-12(18)15-10-5-3-8(13)4-6-10/h3-6,9H,2,7H2,1H3,(H,16,17)(H2,14,15,18). The lowest BCUT2D eigenvalue weighted by Crippen LogP contribution is -2.38. The minimum absolute atomic E-state index is 0.0927. The summed E-state index contributed by atoms with van der Waals surface area (Å²) in [5, 5.41) is 14.4. The van der Waals surface area contributed by atoms with Crippen LogP contribution in [0.2, 0.25) is 5.02 Å². The molecule has 0 aromatic heterocycles. The molecule has 0 fully saturated rings. The highest BCUT2D eigenvalue weighted by Crippen LogP contribution is 2.13. The summed E-state index contributed by atoms with van der Waals surface area (Å²) < 4.78 is 0. The van der Waals surface area contributed by atoms with Crippen LogP contribution >= 0.6 is 11.6 Å². The number of rotatable bonds is 5. The Hall–Kier alpha value is -1.75. The molecular formula is C12H15ClN2O3. The van der Waals surface area contributed by atoms with Gasteiger partial charge in [-0.1, -0.05) is 18.5 Å². The van der Waals surface area contributed by atoms with Gasteiger partial charge >= 0.3 is 12.0 Å². The van der Waals surface area contributed by atoms with Gasteiger partial charge in [0.15, 0.2) is 0 Å². The van der Waals surface area contributed by atoms with Crippen molar-refractivity contribution in [1.82, 2.24) is 5.32 Å². The van der Waals surface area contributed by atoms with Gasteiger partial charge in [0.25, 0.3) is 0 Å². The van der Waals surface area contributed by atoms with Gasteiger partial charge in [-0.15, -0.1) is 0 Å². The Labute approximate surface area is 110 Å². The number of benzene rings is 1. The molecule has 6 heteroatoms. The normalized spacial score (nSPS) is 11.7. The minimum atomic E-state index is -0.936. The Balaban J connectivity index is 2.49. The Bertz CT molecular complexity index is 420. The Kier molecular flexibility index (Phi) is 5.45. The number of carboxylic acids is 1. The second kappa shape index (κ2) is 6.86. The van der Waals surface area contributed by atoms with E-state index in [1.54, 1.807) is 24.3 Å². The van der Waals surface area contributed by atoms with Crippen molar-refractivity contribution in [3.05, 3.63) is 29.3 Å². The zero-order chi connectivity index (χ0) is 13.5. The van der Waals surface area contributed by atoms with Gasteiger partial charge in [-0.2, -0.15) is 0 Å². The number of carboxylic acid groups (broad SMARTS) is 1. The molecule has 0 aliphatic rings. The number of urea groups is 1. The van der Waals surface area contributed by atoms with Gasteiger partial charge in [0.2, 0.25) is 0 Å². The highest BCUT2D eigenvalue weighted by Gasteiger charge is 2.13. The van der Waals surface area contributed by atoms with Crippen LogP contribution in [0.4, 0.5) is 10.5 Å². The van der Waals surface area contributed by atoms with Gasteiger partial charge in [-0.05, 0) is 30.7 Å². The number of nitrogens with one attached hydrogen (secondary N) is 2. The van der Waals surface area contributed by atoms with Crippen LogP contribution in [-0.4, -0.2) is 23.1 Å². The molecule has 0 spiro atoms. The summed E-state index contributed by atoms with van der Waals surface area (Å²) in [7, 11) is 0. The fourth-order valence-corrected chi connectivity index (χ4v) is 1.52. The summed E-state index contributed by atoms with van der Waals surface area (Å²) in [6, 6.07) is 5.85. The molecule has 3 N–H and O–H groups in total. The van der Waals surface area contributed by atoms with Crippen LogP contribution in [0, 0.1) is 0 Å². The summed E-state index contributed by atoms with van der Waals surface area (Å²) in [4.78, 5) is 22.2. The first-order valence-corrected chi connectivity index (χ1v) is 5.94. The largest absolute Gasteiger partial charge is 0.481 e. The first-order valence-electron chi connectivity index (χ1n) is 5.56. The van der Waals surface area contributed by atoms with Gasteiger partial charge in [0.05, 0.1) is 6.42 Å².